The largest absolute Gasteiger partial charge is 0.456 e. The van der Waals surface area contributed by atoms with Crippen molar-refractivity contribution in [1.29, 1.82) is 0 Å². The minimum absolute atomic E-state index is 0.840. The highest BCUT2D eigenvalue weighted by atomic mass is 16.3. The molecule has 7 heteroatoms. The van der Waals surface area contributed by atoms with Gasteiger partial charge in [0.05, 0.1) is 38.5 Å². The van der Waals surface area contributed by atoms with Crippen molar-refractivity contribution < 1.29 is 8.83 Å². The third-order valence-corrected chi connectivity index (χ3v) is 8.37. The van der Waals surface area contributed by atoms with Gasteiger partial charge in [0.25, 0.3) is 0 Å². The molecule has 6 heterocycles. The van der Waals surface area contributed by atoms with Gasteiger partial charge in [-0.25, -0.2) is 14.4 Å². The summed E-state index contributed by atoms with van der Waals surface area (Å²) in [5.74, 6) is 1.68. The van der Waals surface area contributed by atoms with Crippen LogP contribution < -0.4 is 0 Å². The van der Waals surface area contributed by atoms with E-state index < -0.39 is 0 Å². The Morgan fingerprint density at radius 3 is 2.08 bits per heavy atom. The number of nitrogens with zero attached hydrogens (tertiary/aromatic N) is 5. The molecule has 11 aromatic rings. The number of para-hydroxylation sites is 3. The Labute approximate surface area is 217 Å². The van der Waals surface area contributed by atoms with Crippen LogP contribution in [0, 0.1) is 0 Å². The molecule has 0 unspecified atom stereocenters. The summed E-state index contributed by atoms with van der Waals surface area (Å²) in [6, 6.07) is 31.2. The number of aromatic nitrogens is 5. The molecule has 0 atom stereocenters. The van der Waals surface area contributed by atoms with Gasteiger partial charge in [-0.3, -0.25) is 8.80 Å². The van der Waals surface area contributed by atoms with E-state index in [2.05, 4.69) is 67.8 Å². The maximum Gasteiger partial charge on any atom is 0.223 e. The van der Waals surface area contributed by atoms with Crippen molar-refractivity contribution >= 4 is 94.0 Å². The molecule has 7 nitrogen and oxygen atoms in total. The third-order valence-electron chi connectivity index (χ3n) is 8.37. The normalized spacial score (nSPS) is 13.1. The molecule has 0 N–H and O–H groups in total. The van der Waals surface area contributed by atoms with Crippen LogP contribution in [-0.4, -0.2) is 23.2 Å². The summed E-state index contributed by atoms with van der Waals surface area (Å²) in [4.78, 5) is 10.3. The van der Waals surface area contributed by atoms with Crippen LogP contribution in [0.1, 0.15) is 0 Å². The molecular weight excluding hydrogens is 486 g/mol. The third kappa shape index (κ3) is 1.97. The molecule has 0 spiro atoms. The monoisotopic (exact) mass is 501 g/mol. The van der Waals surface area contributed by atoms with E-state index in [-0.39, 0.29) is 0 Å². The van der Waals surface area contributed by atoms with Gasteiger partial charge in [0.1, 0.15) is 27.8 Å². The first kappa shape index (κ1) is 18.6. The molecule has 0 bridgehead atoms. The molecule has 0 saturated carbocycles. The van der Waals surface area contributed by atoms with E-state index in [9.17, 15) is 0 Å². The summed E-state index contributed by atoms with van der Waals surface area (Å²) in [5.41, 5.74) is 10.7. The van der Waals surface area contributed by atoms with E-state index in [0.717, 1.165) is 94.0 Å². The second-order valence-corrected chi connectivity index (χ2v) is 10.3. The van der Waals surface area contributed by atoms with E-state index in [1.165, 1.54) is 0 Å². The van der Waals surface area contributed by atoms with Gasteiger partial charge < -0.3 is 8.83 Å². The molecule has 11 rings (SSSR count). The van der Waals surface area contributed by atoms with Crippen LogP contribution in [0.5, 0.6) is 0 Å². The van der Waals surface area contributed by atoms with Crippen LogP contribution in [0.2, 0.25) is 0 Å². The van der Waals surface area contributed by atoms with Gasteiger partial charge in [-0.05, 0) is 42.5 Å². The Morgan fingerprint density at radius 1 is 0.462 bits per heavy atom. The number of hydrogen-bond acceptors (Lipinski definition) is 4. The second kappa shape index (κ2) is 5.95. The molecule has 0 radical (unpaired) electrons. The van der Waals surface area contributed by atoms with Crippen LogP contribution in [0.15, 0.2) is 99.8 Å². The zero-order valence-electron chi connectivity index (χ0n) is 20.2. The Kier molecular flexibility index (Phi) is 2.84. The standard InChI is InChI=1S/C32H15N5O2/c1-3-10-24-16(6-1)18-14-23-20(15-27(18)39-24)34-31-35(23)21-8-5-9-22-30(21)37(31)32-33-19-12-13-26-28(29(19)36(22)32)17-7-2-4-11-25(17)38-26/h1-15H. The summed E-state index contributed by atoms with van der Waals surface area (Å²) in [7, 11) is 0. The molecule has 0 aliphatic heterocycles. The molecule has 180 valence electrons. The number of furan rings is 2. The lowest BCUT2D eigenvalue weighted by Crippen LogP contribution is -1.87. The van der Waals surface area contributed by atoms with E-state index in [0.29, 0.717) is 0 Å². The second-order valence-electron chi connectivity index (χ2n) is 10.3. The summed E-state index contributed by atoms with van der Waals surface area (Å²) in [6.07, 6.45) is 0. The van der Waals surface area contributed by atoms with Gasteiger partial charge in [-0.2, -0.15) is 0 Å². The Hall–Kier alpha value is -5.56. The van der Waals surface area contributed by atoms with Crippen molar-refractivity contribution in [3.05, 3.63) is 91.0 Å². The fourth-order valence-electron chi connectivity index (χ4n) is 6.81. The van der Waals surface area contributed by atoms with E-state index >= 15 is 0 Å². The van der Waals surface area contributed by atoms with Gasteiger partial charge in [0.2, 0.25) is 11.6 Å². The molecule has 5 aromatic carbocycles. The Morgan fingerprint density at radius 2 is 1.18 bits per heavy atom. The van der Waals surface area contributed by atoms with Crippen LogP contribution in [0.3, 0.4) is 0 Å². The molecule has 0 saturated heterocycles. The van der Waals surface area contributed by atoms with Gasteiger partial charge >= 0.3 is 0 Å². The van der Waals surface area contributed by atoms with Crippen molar-refractivity contribution in [3.8, 4) is 0 Å². The maximum absolute atomic E-state index is 6.22. The Balaban J connectivity index is 1.38. The van der Waals surface area contributed by atoms with Crippen molar-refractivity contribution in [1.82, 2.24) is 23.2 Å². The molecular formula is C32H15N5O2. The predicted molar refractivity (Wildman–Crippen MR) is 153 cm³/mol. The van der Waals surface area contributed by atoms with Gasteiger partial charge in [-0.1, -0.05) is 42.5 Å². The highest BCUT2D eigenvalue weighted by Crippen LogP contribution is 2.40. The van der Waals surface area contributed by atoms with Crippen LogP contribution in [0.4, 0.5) is 0 Å². The highest BCUT2D eigenvalue weighted by molar-refractivity contribution is 6.19. The van der Waals surface area contributed by atoms with E-state index in [1.807, 2.05) is 36.4 Å². The maximum atomic E-state index is 6.22. The highest BCUT2D eigenvalue weighted by Gasteiger charge is 2.25. The van der Waals surface area contributed by atoms with Crippen molar-refractivity contribution in [2.75, 3.05) is 0 Å². The molecule has 0 amide bonds. The summed E-state index contributed by atoms with van der Waals surface area (Å²) < 4.78 is 19.1. The minimum atomic E-state index is 0.840. The van der Waals surface area contributed by atoms with Crippen molar-refractivity contribution in [3.63, 3.8) is 0 Å². The minimum Gasteiger partial charge on any atom is -0.456 e. The average molecular weight is 502 g/mol. The van der Waals surface area contributed by atoms with Crippen molar-refractivity contribution in [2.45, 2.75) is 0 Å². The Bertz CT molecular complexity index is 2840. The number of rotatable bonds is 0. The predicted octanol–water partition coefficient (Wildman–Crippen LogP) is 7.93. The number of imidazole rings is 4. The van der Waals surface area contributed by atoms with Gasteiger partial charge in [0.15, 0.2) is 0 Å². The van der Waals surface area contributed by atoms with Crippen LogP contribution in [-0.2, 0) is 0 Å². The molecule has 0 aliphatic carbocycles. The first-order chi connectivity index (χ1) is 19.3. The fraction of sp³-hybridized carbons (Fsp3) is 0. The van der Waals surface area contributed by atoms with E-state index in [1.54, 1.807) is 0 Å². The SMILES string of the molecule is c1ccc2c(c1)oc1cc3nc4n(c3cc12)c1cccc2c1n4c1nc3ccc4oc5ccccc5c4c3n21. The van der Waals surface area contributed by atoms with Gasteiger partial charge in [-0.15, -0.1) is 0 Å². The molecule has 39 heavy (non-hydrogen) atoms. The summed E-state index contributed by atoms with van der Waals surface area (Å²) in [5, 5.41) is 4.38. The number of benzene rings is 5. The zero-order valence-corrected chi connectivity index (χ0v) is 20.2. The smallest absolute Gasteiger partial charge is 0.223 e. The first-order valence-corrected chi connectivity index (χ1v) is 12.9. The van der Waals surface area contributed by atoms with Crippen LogP contribution >= 0.6 is 0 Å². The van der Waals surface area contributed by atoms with Gasteiger partial charge in [0, 0.05) is 22.2 Å². The topological polar surface area (TPSA) is 65.3 Å². The van der Waals surface area contributed by atoms with Crippen molar-refractivity contribution in [2.24, 2.45) is 0 Å². The first-order valence-electron chi connectivity index (χ1n) is 12.9. The fourth-order valence-corrected chi connectivity index (χ4v) is 6.81. The summed E-state index contributed by atoms with van der Waals surface area (Å²) in [6.45, 7) is 0. The van der Waals surface area contributed by atoms with E-state index in [4.69, 9.17) is 18.8 Å². The summed E-state index contributed by atoms with van der Waals surface area (Å²) >= 11 is 0. The quantitative estimate of drug-likeness (QED) is 0.212. The lowest BCUT2D eigenvalue weighted by atomic mass is 10.1. The zero-order chi connectivity index (χ0) is 25.0. The lowest BCUT2D eigenvalue weighted by molar-refractivity contribution is 0.669. The van der Waals surface area contributed by atoms with Crippen LogP contribution in [0.25, 0.3) is 94.0 Å². The molecule has 0 aliphatic rings. The number of hydrogen-bond donors (Lipinski definition) is 0. The molecule has 6 aromatic heterocycles. The lowest BCUT2D eigenvalue weighted by Gasteiger charge is -1.99. The number of fused-ring (bicyclic) bond motifs is 17. The average Bonchev–Trinajstić information content (AvgIpc) is 3.77. The molecule has 0 fully saturated rings.